The first-order valence-corrected chi connectivity index (χ1v) is 7.39. The first kappa shape index (κ1) is 15.2. The minimum Gasteiger partial charge on any atom is -0.317 e. The second-order valence-electron chi connectivity index (χ2n) is 6.00. The predicted molar refractivity (Wildman–Crippen MR) is 80.9 cm³/mol. The van der Waals surface area contributed by atoms with Gasteiger partial charge in [0.05, 0.1) is 0 Å². The molecule has 0 aliphatic rings. The molecule has 1 rings (SSSR count). The van der Waals surface area contributed by atoms with Crippen molar-refractivity contribution in [3.8, 4) is 0 Å². The van der Waals surface area contributed by atoms with Gasteiger partial charge in [-0.2, -0.15) is 0 Å². The molecule has 0 unspecified atom stereocenters. The van der Waals surface area contributed by atoms with Gasteiger partial charge in [0.15, 0.2) is 0 Å². The molecular formula is C17H29N. The van der Waals surface area contributed by atoms with Crippen LogP contribution in [0.4, 0.5) is 0 Å². The topological polar surface area (TPSA) is 12.0 Å². The highest BCUT2D eigenvalue weighted by Gasteiger charge is 2.16. The molecule has 0 bridgehead atoms. The first-order valence-electron chi connectivity index (χ1n) is 7.39. The molecule has 0 heterocycles. The zero-order chi connectivity index (χ0) is 13.3. The van der Waals surface area contributed by atoms with Gasteiger partial charge in [-0.15, -0.1) is 0 Å². The third-order valence-corrected chi connectivity index (χ3v) is 3.57. The molecule has 0 aromatic heterocycles. The van der Waals surface area contributed by atoms with E-state index in [9.17, 15) is 0 Å². The van der Waals surface area contributed by atoms with Crippen LogP contribution in [0.15, 0.2) is 30.3 Å². The molecule has 1 heteroatoms. The van der Waals surface area contributed by atoms with Crippen LogP contribution in [0.2, 0.25) is 0 Å². The van der Waals surface area contributed by atoms with Gasteiger partial charge < -0.3 is 5.32 Å². The lowest BCUT2D eigenvalue weighted by atomic mass is 9.83. The Kier molecular flexibility index (Phi) is 7.04. The number of rotatable bonds is 9. The van der Waals surface area contributed by atoms with Gasteiger partial charge in [0.25, 0.3) is 0 Å². The highest BCUT2D eigenvalue weighted by molar-refractivity contribution is 5.14. The number of aryl methyl sites for hydroxylation is 1. The SMILES string of the molecule is CCCNCCC(C)(C)CCCc1ccccc1. The number of benzene rings is 1. The number of nitrogens with one attached hydrogen (secondary N) is 1. The Morgan fingerprint density at radius 2 is 1.72 bits per heavy atom. The summed E-state index contributed by atoms with van der Waals surface area (Å²) < 4.78 is 0. The van der Waals surface area contributed by atoms with Crippen molar-refractivity contribution < 1.29 is 0 Å². The summed E-state index contributed by atoms with van der Waals surface area (Å²) >= 11 is 0. The van der Waals surface area contributed by atoms with Crippen molar-refractivity contribution in [3.05, 3.63) is 35.9 Å². The van der Waals surface area contributed by atoms with E-state index in [0.29, 0.717) is 5.41 Å². The molecule has 0 saturated heterocycles. The van der Waals surface area contributed by atoms with Gasteiger partial charge in [-0.3, -0.25) is 0 Å². The molecule has 1 N–H and O–H groups in total. The van der Waals surface area contributed by atoms with Gasteiger partial charge in [-0.05, 0) is 56.2 Å². The molecule has 1 aromatic carbocycles. The van der Waals surface area contributed by atoms with Gasteiger partial charge in [-0.1, -0.05) is 51.1 Å². The molecule has 1 aromatic rings. The van der Waals surface area contributed by atoms with Gasteiger partial charge in [0, 0.05) is 0 Å². The van der Waals surface area contributed by atoms with Crippen molar-refractivity contribution in [3.63, 3.8) is 0 Å². The van der Waals surface area contributed by atoms with Crippen LogP contribution < -0.4 is 5.32 Å². The van der Waals surface area contributed by atoms with E-state index in [0.717, 1.165) is 13.1 Å². The fraction of sp³-hybridized carbons (Fsp3) is 0.647. The molecule has 102 valence electrons. The zero-order valence-electron chi connectivity index (χ0n) is 12.3. The Bertz CT molecular complexity index is 303. The molecular weight excluding hydrogens is 218 g/mol. The standard InChI is InChI=1S/C17H29N/c1-4-14-18-15-13-17(2,3)12-8-11-16-9-6-5-7-10-16/h5-7,9-10,18H,4,8,11-15H2,1-3H3. The molecule has 0 aliphatic heterocycles. The molecule has 18 heavy (non-hydrogen) atoms. The summed E-state index contributed by atoms with van der Waals surface area (Å²) in [6.07, 6.45) is 6.34. The summed E-state index contributed by atoms with van der Waals surface area (Å²) in [6, 6.07) is 10.8. The fourth-order valence-corrected chi connectivity index (χ4v) is 2.27. The molecule has 0 atom stereocenters. The van der Waals surface area contributed by atoms with Gasteiger partial charge in [0.1, 0.15) is 0 Å². The first-order chi connectivity index (χ1) is 8.64. The Morgan fingerprint density at radius 3 is 2.39 bits per heavy atom. The van der Waals surface area contributed by atoms with Crippen LogP contribution in [0.1, 0.15) is 52.0 Å². The van der Waals surface area contributed by atoms with Gasteiger partial charge >= 0.3 is 0 Å². The lowest BCUT2D eigenvalue weighted by molar-refractivity contribution is 0.294. The highest BCUT2D eigenvalue weighted by atomic mass is 14.8. The maximum Gasteiger partial charge on any atom is -0.00438 e. The molecule has 0 aliphatic carbocycles. The van der Waals surface area contributed by atoms with Crippen molar-refractivity contribution in [1.82, 2.24) is 5.32 Å². The lowest BCUT2D eigenvalue weighted by Crippen LogP contribution is -2.23. The van der Waals surface area contributed by atoms with Crippen LogP contribution in [0.25, 0.3) is 0 Å². The maximum atomic E-state index is 3.50. The van der Waals surface area contributed by atoms with Crippen LogP contribution >= 0.6 is 0 Å². The fourth-order valence-electron chi connectivity index (χ4n) is 2.27. The molecule has 0 amide bonds. The Morgan fingerprint density at radius 1 is 1.00 bits per heavy atom. The predicted octanol–water partition coefficient (Wildman–Crippen LogP) is 4.43. The Balaban J connectivity index is 2.16. The number of hydrogen-bond acceptors (Lipinski definition) is 1. The van der Waals surface area contributed by atoms with Crippen molar-refractivity contribution in [1.29, 1.82) is 0 Å². The maximum absolute atomic E-state index is 3.50. The second-order valence-corrected chi connectivity index (χ2v) is 6.00. The van der Waals surface area contributed by atoms with Crippen LogP contribution in [0.5, 0.6) is 0 Å². The minimum atomic E-state index is 0.468. The molecule has 0 spiro atoms. The van der Waals surface area contributed by atoms with E-state index < -0.39 is 0 Å². The molecule has 0 saturated carbocycles. The van der Waals surface area contributed by atoms with E-state index in [-0.39, 0.29) is 0 Å². The third-order valence-electron chi connectivity index (χ3n) is 3.57. The molecule has 0 fully saturated rings. The third kappa shape index (κ3) is 6.80. The quantitative estimate of drug-likeness (QED) is 0.637. The van der Waals surface area contributed by atoms with E-state index in [2.05, 4.69) is 56.4 Å². The molecule has 1 nitrogen and oxygen atoms in total. The molecule has 0 radical (unpaired) electrons. The number of hydrogen-bond donors (Lipinski definition) is 1. The summed E-state index contributed by atoms with van der Waals surface area (Å²) in [7, 11) is 0. The van der Waals surface area contributed by atoms with Crippen LogP contribution in [0, 0.1) is 5.41 Å². The summed E-state index contributed by atoms with van der Waals surface area (Å²) in [5, 5.41) is 3.50. The summed E-state index contributed by atoms with van der Waals surface area (Å²) in [6.45, 7) is 9.32. The van der Waals surface area contributed by atoms with Crippen molar-refractivity contribution in [2.24, 2.45) is 5.41 Å². The van der Waals surface area contributed by atoms with Crippen LogP contribution in [0.3, 0.4) is 0 Å². The smallest absolute Gasteiger partial charge is 0.00438 e. The summed E-state index contributed by atoms with van der Waals surface area (Å²) in [5.74, 6) is 0. The van der Waals surface area contributed by atoms with E-state index in [1.807, 2.05) is 0 Å². The lowest BCUT2D eigenvalue weighted by Gasteiger charge is -2.24. The van der Waals surface area contributed by atoms with E-state index in [1.54, 1.807) is 0 Å². The van der Waals surface area contributed by atoms with Crippen molar-refractivity contribution in [2.75, 3.05) is 13.1 Å². The summed E-state index contributed by atoms with van der Waals surface area (Å²) in [5.41, 5.74) is 1.94. The summed E-state index contributed by atoms with van der Waals surface area (Å²) in [4.78, 5) is 0. The normalized spacial score (nSPS) is 11.7. The van der Waals surface area contributed by atoms with Gasteiger partial charge in [0.2, 0.25) is 0 Å². The van der Waals surface area contributed by atoms with E-state index in [4.69, 9.17) is 0 Å². The monoisotopic (exact) mass is 247 g/mol. The Hall–Kier alpha value is -0.820. The average molecular weight is 247 g/mol. The van der Waals surface area contributed by atoms with Crippen LogP contribution in [-0.2, 0) is 6.42 Å². The van der Waals surface area contributed by atoms with E-state index in [1.165, 1.54) is 37.7 Å². The van der Waals surface area contributed by atoms with E-state index >= 15 is 0 Å². The zero-order valence-corrected chi connectivity index (χ0v) is 12.3. The highest BCUT2D eigenvalue weighted by Crippen LogP contribution is 2.27. The van der Waals surface area contributed by atoms with Crippen molar-refractivity contribution in [2.45, 2.75) is 52.9 Å². The average Bonchev–Trinajstić information content (AvgIpc) is 2.36. The second kappa shape index (κ2) is 8.31. The Labute approximate surface area is 113 Å². The van der Waals surface area contributed by atoms with Crippen LogP contribution in [-0.4, -0.2) is 13.1 Å². The largest absolute Gasteiger partial charge is 0.317 e. The van der Waals surface area contributed by atoms with Crippen molar-refractivity contribution >= 4 is 0 Å². The minimum absolute atomic E-state index is 0.468. The van der Waals surface area contributed by atoms with Gasteiger partial charge in [-0.25, -0.2) is 0 Å².